The first-order valence-corrected chi connectivity index (χ1v) is 16.2. The number of hydrogen-bond donors (Lipinski definition) is 1. The number of amides is 2. The van der Waals surface area contributed by atoms with Gasteiger partial charge in [-0.15, -0.1) is 0 Å². The lowest BCUT2D eigenvalue weighted by Crippen LogP contribution is -2.31. The highest BCUT2D eigenvalue weighted by Crippen LogP contribution is 2.38. The van der Waals surface area contributed by atoms with Gasteiger partial charge in [-0.1, -0.05) is 55.1 Å². The van der Waals surface area contributed by atoms with Crippen molar-refractivity contribution in [1.29, 1.82) is 0 Å². The molecule has 1 heterocycles. The summed E-state index contributed by atoms with van der Waals surface area (Å²) < 4.78 is 27.3. The van der Waals surface area contributed by atoms with Crippen LogP contribution in [0.15, 0.2) is 76.5 Å². The van der Waals surface area contributed by atoms with Crippen molar-refractivity contribution < 1.29 is 18.0 Å². The molecule has 6 nitrogen and oxygen atoms in total. The summed E-state index contributed by atoms with van der Waals surface area (Å²) in [5.74, 6) is 0.244. The third-order valence-electron chi connectivity index (χ3n) is 7.20. The molecule has 1 aliphatic carbocycles. The topological polar surface area (TPSA) is 83.6 Å². The summed E-state index contributed by atoms with van der Waals surface area (Å²) >= 11 is 8.18. The number of halogens is 1. The van der Waals surface area contributed by atoms with Gasteiger partial charge in [0.2, 0.25) is 9.84 Å². The minimum absolute atomic E-state index is 0.0109. The third kappa shape index (κ3) is 6.18. The van der Waals surface area contributed by atoms with E-state index < -0.39 is 15.7 Å². The fourth-order valence-electron chi connectivity index (χ4n) is 5.18. The largest absolute Gasteiger partial charge is 0.352 e. The number of anilines is 1. The Bertz CT molecular complexity index is 1490. The number of carbonyl (C=O) groups is 2. The van der Waals surface area contributed by atoms with Crippen molar-refractivity contribution in [2.24, 2.45) is 0 Å². The zero-order valence-electron chi connectivity index (χ0n) is 21.6. The molecule has 0 radical (unpaired) electrons. The molecule has 0 saturated heterocycles. The zero-order valence-corrected chi connectivity index (χ0v) is 24.0. The minimum atomic E-state index is -4.00. The number of hydrogen-bond acceptors (Lipinski definition) is 5. The fourth-order valence-corrected chi connectivity index (χ4v) is 8.34. The average molecular weight is 583 g/mol. The highest BCUT2D eigenvalue weighted by Gasteiger charge is 2.36. The van der Waals surface area contributed by atoms with Crippen molar-refractivity contribution in [3.8, 4) is 0 Å². The van der Waals surface area contributed by atoms with Crippen LogP contribution in [0.3, 0.4) is 0 Å². The van der Waals surface area contributed by atoms with Crippen LogP contribution in [0, 0.1) is 0 Å². The Labute approximate surface area is 239 Å². The van der Waals surface area contributed by atoms with Crippen LogP contribution in [0.2, 0.25) is 5.02 Å². The Morgan fingerprint density at radius 1 is 0.974 bits per heavy atom. The summed E-state index contributed by atoms with van der Waals surface area (Å²) in [6.45, 7) is 0.629. The maximum Gasteiger partial charge on any atom is 0.259 e. The van der Waals surface area contributed by atoms with Crippen LogP contribution in [0.25, 0.3) is 0 Å². The number of sulfone groups is 1. The van der Waals surface area contributed by atoms with Gasteiger partial charge < -0.3 is 10.2 Å². The molecule has 2 amide bonds. The van der Waals surface area contributed by atoms with Gasteiger partial charge in [0, 0.05) is 22.4 Å². The van der Waals surface area contributed by atoms with E-state index in [2.05, 4.69) is 5.32 Å². The second-order valence-corrected chi connectivity index (χ2v) is 13.7. The van der Waals surface area contributed by atoms with Crippen molar-refractivity contribution in [2.75, 3.05) is 17.2 Å². The monoisotopic (exact) mass is 582 g/mol. The SMILES string of the molecule is O=C(NCCCSC1CCCCC1)c1ccc2c(c1)N(Cc1cccc(Cl)c1)C(=O)c1ccccc1S2(=O)=O. The summed E-state index contributed by atoms with van der Waals surface area (Å²) in [4.78, 5) is 28.2. The predicted molar refractivity (Wildman–Crippen MR) is 157 cm³/mol. The van der Waals surface area contributed by atoms with Gasteiger partial charge in [-0.2, -0.15) is 11.8 Å². The lowest BCUT2D eigenvalue weighted by Gasteiger charge is -2.23. The number of rotatable bonds is 8. The van der Waals surface area contributed by atoms with E-state index in [1.165, 1.54) is 67.3 Å². The van der Waals surface area contributed by atoms with Crippen LogP contribution in [0.4, 0.5) is 5.69 Å². The van der Waals surface area contributed by atoms with E-state index in [0.29, 0.717) is 17.1 Å². The Balaban J connectivity index is 1.40. The van der Waals surface area contributed by atoms with Gasteiger partial charge in [0.1, 0.15) is 0 Å². The summed E-state index contributed by atoms with van der Waals surface area (Å²) in [7, 11) is -4.00. The van der Waals surface area contributed by atoms with Gasteiger partial charge in [0.25, 0.3) is 11.8 Å². The molecule has 0 atom stereocenters. The van der Waals surface area contributed by atoms with Gasteiger partial charge in [-0.3, -0.25) is 9.59 Å². The van der Waals surface area contributed by atoms with E-state index in [-0.39, 0.29) is 33.5 Å². The van der Waals surface area contributed by atoms with Crippen LogP contribution in [0.1, 0.15) is 64.8 Å². The molecule has 39 heavy (non-hydrogen) atoms. The van der Waals surface area contributed by atoms with Crippen LogP contribution >= 0.6 is 23.4 Å². The van der Waals surface area contributed by atoms with Crippen molar-refractivity contribution in [2.45, 2.75) is 60.1 Å². The molecule has 1 saturated carbocycles. The first kappa shape index (κ1) is 27.7. The van der Waals surface area contributed by atoms with Crippen molar-refractivity contribution in [3.05, 3.63) is 88.4 Å². The number of benzene rings is 3. The lowest BCUT2D eigenvalue weighted by atomic mass is 10.0. The molecule has 1 N–H and O–H groups in total. The molecule has 5 rings (SSSR count). The maximum absolute atomic E-state index is 13.8. The molecule has 3 aromatic rings. The molecule has 2 aliphatic rings. The van der Waals surface area contributed by atoms with Gasteiger partial charge in [-0.25, -0.2) is 8.42 Å². The Kier molecular flexibility index (Phi) is 8.64. The van der Waals surface area contributed by atoms with E-state index in [9.17, 15) is 18.0 Å². The van der Waals surface area contributed by atoms with Gasteiger partial charge in [-0.05, 0) is 73.0 Å². The second kappa shape index (κ2) is 12.1. The van der Waals surface area contributed by atoms with Crippen LogP contribution in [-0.2, 0) is 16.4 Å². The Morgan fingerprint density at radius 2 is 1.77 bits per heavy atom. The number of nitrogens with zero attached hydrogens (tertiary/aromatic N) is 1. The molecule has 1 fully saturated rings. The molecule has 1 aliphatic heterocycles. The van der Waals surface area contributed by atoms with Crippen molar-refractivity contribution in [3.63, 3.8) is 0 Å². The van der Waals surface area contributed by atoms with Crippen LogP contribution in [-0.4, -0.2) is 37.8 Å². The smallest absolute Gasteiger partial charge is 0.259 e. The summed E-state index contributed by atoms with van der Waals surface area (Å²) in [5, 5.41) is 4.20. The van der Waals surface area contributed by atoms with Crippen molar-refractivity contribution >= 4 is 50.7 Å². The zero-order chi connectivity index (χ0) is 27.4. The standard InChI is InChI=1S/C30H31ClN2O4S2/c31-23-9-6-8-21(18-23)20-33-26-19-22(29(34)32-16-7-17-38-24-10-2-1-3-11-24)14-15-28(26)39(36,37)27-13-5-4-12-25(27)30(33)35/h4-6,8-9,12-15,18-19,24H,1-3,7,10-11,16-17,20H2,(H,32,34). The second-order valence-electron chi connectivity index (χ2n) is 9.94. The van der Waals surface area contributed by atoms with E-state index in [1.807, 2.05) is 17.8 Å². The molecule has 0 spiro atoms. The Morgan fingerprint density at radius 3 is 2.56 bits per heavy atom. The highest BCUT2D eigenvalue weighted by atomic mass is 35.5. The normalized spacial score (nSPS) is 16.7. The molecule has 0 unspecified atom stereocenters. The molecular formula is C30H31ClN2O4S2. The van der Waals surface area contributed by atoms with Gasteiger partial charge >= 0.3 is 0 Å². The number of thioether (sulfide) groups is 1. The fraction of sp³-hybridized carbons (Fsp3) is 0.333. The molecular weight excluding hydrogens is 552 g/mol. The molecule has 0 aromatic heterocycles. The van der Waals surface area contributed by atoms with E-state index >= 15 is 0 Å². The number of nitrogens with one attached hydrogen (secondary N) is 1. The van der Waals surface area contributed by atoms with Crippen LogP contribution < -0.4 is 10.2 Å². The Hall–Kier alpha value is -2.81. The van der Waals surface area contributed by atoms with Gasteiger partial charge in [0.05, 0.1) is 27.6 Å². The van der Waals surface area contributed by atoms with E-state index in [4.69, 9.17) is 11.6 Å². The van der Waals surface area contributed by atoms with E-state index in [0.717, 1.165) is 23.0 Å². The highest BCUT2D eigenvalue weighted by molar-refractivity contribution is 7.99. The summed E-state index contributed by atoms with van der Waals surface area (Å²) in [6.07, 6.45) is 7.38. The quantitative estimate of drug-likeness (QED) is 0.306. The predicted octanol–water partition coefficient (Wildman–Crippen LogP) is 6.52. The number of fused-ring (bicyclic) bond motifs is 2. The summed E-state index contributed by atoms with van der Waals surface area (Å²) in [6, 6.07) is 17.7. The third-order valence-corrected chi connectivity index (χ3v) is 10.8. The number of carbonyl (C=O) groups excluding carboxylic acids is 2. The first-order valence-electron chi connectivity index (χ1n) is 13.3. The van der Waals surface area contributed by atoms with Gasteiger partial charge in [0.15, 0.2) is 0 Å². The molecule has 204 valence electrons. The van der Waals surface area contributed by atoms with Crippen LogP contribution in [0.5, 0.6) is 0 Å². The minimum Gasteiger partial charge on any atom is -0.352 e. The lowest BCUT2D eigenvalue weighted by molar-refractivity contribution is 0.0950. The first-order chi connectivity index (χ1) is 18.8. The molecule has 0 bridgehead atoms. The average Bonchev–Trinajstić information content (AvgIpc) is 3.01. The molecule has 9 heteroatoms. The van der Waals surface area contributed by atoms with E-state index in [1.54, 1.807) is 30.3 Å². The summed E-state index contributed by atoms with van der Waals surface area (Å²) in [5.41, 5.74) is 1.32. The van der Waals surface area contributed by atoms with Crippen molar-refractivity contribution in [1.82, 2.24) is 5.32 Å². The molecule has 3 aromatic carbocycles. The maximum atomic E-state index is 13.8.